The van der Waals surface area contributed by atoms with Gasteiger partial charge >= 0.3 is 0 Å². The number of benzene rings is 2. The minimum Gasteiger partial charge on any atom is -0.457 e. The number of fused-ring (bicyclic) bond motifs is 1. The van der Waals surface area contributed by atoms with Crippen molar-refractivity contribution in [3.8, 4) is 23.1 Å². The molecule has 0 bridgehead atoms. The summed E-state index contributed by atoms with van der Waals surface area (Å²) in [4.78, 5) is 0. The fourth-order valence-electron chi connectivity index (χ4n) is 3.07. The maximum absolute atomic E-state index is 13.1. The van der Waals surface area contributed by atoms with Crippen molar-refractivity contribution in [1.29, 1.82) is 5.26 Å². The molecule has 0 aliphatic rings. The van der Waals surface area contributed by atoms with Crippen LogP contribution in [0.15, 0.2) is 42.5 Å². The highest BCUT2D eigenvalue weighted by Crippen LogP contribution is 2.36. The van der Waals surface area contributed by atoms with Crippen LogP contribution in [0.5, 0.6) is 5.75 Å². The highest BCUT2D eigenvalue weighted by molar-refractivity contribution is 7.16. The van der Waals surface area contributed by atoms with Gasteiger partial charge in [0.15, 0.2) is 0 Å². The first-order valence-electron chi connectivity index (χ1n) is 7.99. The summed E-state index contributed by atoms with van der Waals surface area (Å²) in [6, 6.07) is 15.5. The Balaban J connectivity index is 2.24. The third kappa shape index (κ3) is 3.18. The fourth-order valence-corrected chi connectivity index (χ4v) is 3.23. The van der Waals surface area contributed by atoms with E-state index in [-0.39, 0.29) is 0 Å². The molecular weight excluding hydrogens is 336 g/mol. The molecule has 128 valence electrons. The minimum atomic E-state index is -1.47. The standard InChI is InChI=1S/C19H19FN3OP/c1-3-23-17-10-14(24-19(20)25)8-9-15(17)16(11-21)18(23)12-4-6-13(22-2)7-5-12/h4-10,19,22H,3,25H2,1-2H3. The van der Waals surface area contributed by atoms with Gasteiger partial charge in [0, 0.05) is 30.7 Å². The molecular formula is C19H19FN3OP. The van der Waals surface area contributed by atoms with Crippen molar-refractivity contribution in [2.75, 3.05) is 12.4 Å². The first kappa shape index (κ1) is 17.3. The molecule has 1 N–H and O–H groups in total. The summed E-state index contributed by atoms with van der Waals surface area (Å²) in [5.74, 6) is 0.434. The first-order valence-corrected chi connectivity index (χ1v) is 8.66. The van der Waals surface area contributed by atoms with Gasteiger partial charge in [0.2, 0.25) is 6.10 Å². The van der Waals surface area contributed by atoms with Crippen molar-refractivity contribution in [3.63, 3.8) is 0 Å². The van der Waals surface area contributed by atoms with E-state index < -0.39 is 6.10 Å². The smallest absolute Gasteiger partial charge is 0.249 e. The average molecular weight is 355 g/mol. The van der Waals surface area contributed by atoms with Gasteiger partial charge in [-0.15, -0.1) is 0 Å². The molecule has 1 aromatic heterocycles. The van der Waals surface area contributed by atoms with E-state index in [0.717, 1.165) is 27.8 Å². The van der Waals surface area contributed by atoms with E-state index in [1.54, 1.807) is 12.1 Å². The summed E-state index contributed by atoms with van der Waals surface area (Å²) in [6.07, 6.45) is -1.47. The van der Waals surface area contributed by atoms with Crippen LogP contribution >= 0.6 is 9.24 Å². The number of ether oxygens (including phenoxy) is 1. The number of aryl methyl sites for hydroxylation is 1. The molecule has 1 heterocycles. The summed E-state index contributed by atoms with van der Waals surface area (Å²) < 4.78 is 20.3. The van der Waals surface area contributed by atoms with Crippen LogP contribution < -0.4 is 10.1 Å². The molecule has 0 radical (unpaired) electrons. The van der Waals surface area contributed by atoms with E-state index in [4.69, 9.17) is 4.74 Å². The number of nitriles is 1. The highest BCUT2D eigenvalue weighted by atomic mass is 31.0. The molecule has 2 aromatic carbocycles. The zero-order chi connectivity index (χ0) is 18.0. The number of hydrogen-bond donors (Lipinski definition) is 1. The lowest BCUT2D eigenvalue weighted by molar-refractivity contribution is 0.153. The van der Waals surface area contributed by atoms with Crippen LogP contribution in [0.25, 0.3) is 22.2 Å². The van der Waals surface area contributed by atoms with E-state index >= 15 is 0 Å². The average Bonchev–Trinajstić information content (AvgIpc) is 2.93. The van der Waals surface area contributed by atoms with Crippen molar-refractivity contribution in [2.45, 2.75) is 19.6 Å². The summed E-state index contributed by atoms with van der Waals surface area (Å²) >= 11 is 0. The Kier molecular flexibility index (Phi) is 4.92. The number of nitrogens with one attached hydrogen (secondary N) is 1. The molecule has 25 heavy (non-hydrogen) atoms. The second kappa shape index (κ2) is 7.13. The van der Waals surface area contributed by atoms with E-state index in [2.05, 4.69) is 16.0 Å². The van der Waals surface area contributed by atoms with Gasteiger partial charge in [-0.05, 0) is 36.8 Å². The molecule has 0 saturated heterocycles. The van der Waals surface area contributed by atoms with Crippen LogP contribution in [0.4, 0.5) is 10.1 Å². The third-order valence-electron chi connectivity index (χ3n) is 4.16. The van der Waals surface area contributed by atoms with Crippen molar-refractivity contribution in [2.24, 2.45) is 0 Å². The summed E-state index contributed by atoms with van der Waals surface area (Å²) in [5.41, 5.74) is 4.30. The molecule has 0 aliphatic heterocycles. The molecule has 3 aromatic rings. The number of hydrogen-bond acceptors (Lipinski definition) is 3. The summed E-state index contributed by atoms with van der Waals surface area (Å²) in [7, 11) is 3.83. The van der Waals surface area contributed by atoms with Crippen molar-refractivity contribution in [3.05, 3.63) is 48.0 Å². The van der Waals surface area contributed by atoms with Crippen molar-refractivity contribution >= 4 is 25.8 Å². The van der Waals surface area contributed by atoms with Crippen LogP contribution in [0.3, 0.4) is 0 Å². The zero-order valence-corrected chi connectivity index (χ0v) is 15.2. The van der Waals surface area contributed by atoms with Crippen LogP contribution in [0.2, 0.25) is 0 Å². The summed E-state index contributed by atoms with van der Waals surface area (Å²) in [6.45, 7) is 2.71. The van der Waals surface area contributed by atoms with Crippen LogP contribution in [0, 0.1) is 11.3 Å². The lowest BCUT2D eigenvalue weighted by Crippen LogP contribution is -2.01. The quantitative estimate of drug-likeness (QED) is 0.672. The van der Waals surface area contributed by atoms with Gasteiger partial charge in [-0.1, -0.05) is 21.4 Å². The normalized spacial score (nSPS) is 12.0. The lowest BCUT2D eigenvalue weighted by atomic mass is 10.1. The predicted octanol–water partition coefficient (Wildman–Crippen LogP) is 4.75. The molecule has 0 saturated carbocycles. The number of aromatic nitrogens is 1. The Morgan fingerprint density at radius 2 is 2.00 bits per heavy atom. The Hall–Kier alpha value is -2.57. The third-order valence-corrected chi connectivity index (χ3v) is 4.30. The summed E-state index contributed by atoms with van der Waals surface area (Å²) in [5, 5.41) is 13.7. The molecule has 0 fully saturated rings. The van der Waals surface area contributed by atoms with Crippen LogP contribution in [-0.4, -0.2) is 17.7 Å². The van der Waals surface area contributed by atoms with Gasteiger partial charge in [0.05, 0.1) is 16.8 Å². The monoisotopic (exact) mass is 355 g/mol. The number of nitrogens with zero attached hydrogens (tertiary/aromatic N) is 2. The molecule has 3 rings (SSSR count). The van der Waals surface area contributed by atoms with E-state index in [1.165, 1.54) is 0 Å². The maximum atomic E-state index is 13.1. The predicted molar refractivity (Wildman–Crippen MR) is 103 cm³/mol. The largest absolute Gasteiger partial charge is 0.457 e. The molecule has 2 atom stereocenters. The molecule has 0 aliphatic carbocycles. The lowest BCUT2D eigenvalue weighted by Gasteiger charge is -2.10. The Labute approximate surface area is 148 Å². The molecule has 4 nitrogen and oxygen atoms in total. The molecule has 2 unspecified atom stereocenters. The SMILES string of the molecule is CCn1c(-c2ccc(NC)cc2)c(C#N)c2ccc(OC(F)P)cc21. The highest BCUT2D eigenvalue weighted by Gasteiger charge is 2.18. The Bertz CT molecular complexity index is 942. The topological polar surface area (TPSA) is 50.0 Å². The maximum Gasteiger partial charge on any atom is 0.249 e. The molecule has 6 heteroatoms. The van der Waals surface area contributed by atoms with E-state index in [0.29, 0.717) is 17.9 Å². The number of halogens is 1. The number of anilines is 1. The Morgan fingerprint density at radius 3 is 2.56 bits per heavy atom. The van der Waals surface area contributed by atoms with Gasteiger partial charge in [0.1, 0.15) is 11.8 Å². The van der Waals surface area contributed by atoms with Gasteiger partial charge in [-0.3, -0.25) is 0 Å². The minimum absolute atomic E-state index is 0.434. The van der Waals surface area contributed by atoms with Crippen molar-refractivity contribution < 1.29 is 9.13 Å². The number of alkyl halides is 1. The Morgan fingerprint density at radius 1 is 1.28 bits per heavy atom. The van der Waals surface area contributed by atoms with Crippen molar-refractivity contribution in [1.82, 2.24) is 4.57 Å². The van der Waals surface area contributed by atoms with Gasteiger partial charge < -0.3 is 14.6 Å². The van der Waals surface area contributed by atoms with Crippen LogP contribution in [-0.2, 0) is 6.54 Å². The fraction of sp³-hybridized carbons (Fsp3) is 0.211. The van der Waals surface area contributed by atoms with Gasteiger partial charge in [0.25, 0.3) is 0 Å². The molecule has 0 spiro atoms. The second-order valence-corrected chi connectivity index (χ2v) is 6.08. The first-order chi connectivity index (χ1) is 12.1. The van der Waals surface area contributed by atoms with Gasteiger partial charge in [-0.2, -0.15) is 9.65 Å². The van der Waals surface area contributed by atoms with E-state index in [1.807, 2.05) is 53.5 Å². The van der Waals surface area contributed by atoms with Gasteiger partial charge in [-0.25, -0.2) is 0 Å². The molecule has 0 amide bonds. The number of rotatable bonds is 5. The van der Waals surface area contributed by atoms with E-state index in [9.17, 15) is 9.65 Å². The van der Waals surface area contributed by atoms with Crippen LogP contribution in [0.1, 0.15) is 12.5 Å². The zero-order valence-electron chi connectivity index (χ0n) is 14.1. The second-order valence-electron chi connectivity index (χ2n) is 5.55.